The molecule has 0 heterocycles. The van der Waals surface area contributed by atoms with Crippen LogP contribution < -0.4 is 4.90 Å². The number of hydrogen-bond donors (Lipinski definition) is 0. The van der Waals surface area contributed by atoms with Crippen molar-refractivity contribution in [2.45, 2.75) is 39.5 Å². The van der Waals surface area contributed by atoms with Crippen molar-refractivity contribution in [3.63, 3.8) is 0 Å². The fourth-order valence-electron chi connectivity index (χ4n) is 1.99. The molecule has 1 aromatic rings. The molecule has 0 saturated heterocycles. The maximum atomic E-state index is 11.1. The van der Waals surface area contributed by atoms with Crippen LogP contribution in [-0.2, 0) is 0 Å². The molecule has 3 heteroatoms. The van der Waals surface area contributed by atoms with E-state index in [0.717, 1.165) is 50.7 Å². The number of hydrogen-bond acceptors (Lipinski definition) is 2. The van der Waals surface area contributed by atoms with Gasteiger partial charge in [0.15, 0.2) is 6.29 Å². The highest BCUT2D eigenvalue weighted by Crippen LogP contribution is 2.29. The normalized spacial score (nSPS) is 10.4. The van der Waals surface area contributed by atoms with Crippen molar-refractivity contribution in [2.24, 2.45) is 0 Å². The van der Waals surface area contributed by atoms with Gasteiger partial charge in [0.05, 0.1) is 10.7 Å². The van der Waals surface area contributed by atoms with Gasteiger partial charge in [-0.15, -0.1) is 0 Å². The molecular weight excluding hydrogens is 246 g/mol. The number of carbonyl (C=O) groups is 1. The average molecular weight is 268 g/mol. The zero-order valence-electron chi connectivity index (χ0n) is 11.3. The second kappa shape index (κ2) is 8.15. The predicted octanol–water partition coefficient (Wildman–Crippen LogP) is 4.56. The van der Waals surface area contributed by atoms with Crippen molar-refractivity contribution in [3.05, 3.63) is 28.8 Å². The Hall–Kier alpha value is -1.02. The second-order valence-electron chi connectivity index (χ2n) is 4.49. The van der Waals surface area contributed by atoms with Gasteiger partial charge in [0.25, 0.3) is 0 Å². The summed E-state index contributed by atoms with van der Waals surface area (Å²) in [5, 5.41) is 0.673. The van der Waals surface area contributed by atoms with Gasteiger partial charge in [-0.2, -0.15) is 0 Å². The van der Waals surface area contributed by atoms with Crippen molar-refractivity contribution < 1.29 is 4.79 Å². The molecule has 0 aromatic heterocycles. The molecule has 0 atom stereocenters. The summed E-state index contributed by atoms with van der Waals surface area (Å²) in [6, 6.07) is 5.52. The Morgan fingerprint density at radius 1 is 1.17 bits per heavy atom. The van der Waals surface area contributed by atoms with Gasteiger partial charge >= 0.3 is 0 Å². The van der Waals surface area contributed by atoms with Crippen molar-refractivity contribution in [2.75, 3.05) is 18.0 Å². The van der Waals surface area contributed by atoms with Crippen LogP contribution in [0.4, 0.5) is 5.69 Å². The van der Waals surface area contributed by atoms with Crippen LogP contribution in [-0.4, -0.2) is 19.4 Å². The molecule has 0 aliphatic heterocycles. The lowest BCUT2D eigenvalue weighted by Crippen LogP contribution is -2.27. The highest BCUT2D eigenvalue weighted by molar-refractivity contribution is 6.33. The minimum atomic E-state index is 0.673. The first-order chi connectivity index (χ1) is 8.74. The van der Waals surface area contributed by atoms with E-state index in [4.69, 9.17) is 11.6 Å². The third-order valence-corrected chi connectivity index (χ3v) is 3.33. The molecular formula is C15H22ClNO. The van der Waals surface area contributed by atoms with Gasteiger partial charge in [-0.1, -0.05) is 44.4 Å². The highest BCUT2D eigenvalue weighted by Gasteiger charge is 2.13. The molecule has 0 bridgehead atoms. The standard InChI is InChI=1S/C15H22ClNO/c1-3-5-10-17(11-6-4-2)15-13(12-18)8-7-9-14(15)16/h7-9,12H,3-6,10-11H2,1-2H3. The van der Waals surface area contributed by atoms with Crippen LogP contribution in [0.1, 0.15) is 49.9 Å². The fraction of sp³-hybridized carbons (Fsp3) is 0.533. The number of unbranched alkanes of at least 4 members (excludes halogenated alkanes) is 2. The fourth-order valence-corrected chi connectivity index (χ4v) is 2.30. The molecule has 100 valence electrons. The molecule has 0 amide bonds. The van der Waals surface area contributed by atoms with Gasteiger partial charge in [0.1, 0.15) is 0 Å². The van der Waals surface area contributed by atoms with E-state index in [1.54, 1.807) is 0 Å². The van der Waals surface area contributed by atoms with Crippen molar-refractivity contribution >= 4 is 23.6 Å². The van der Waals surface area contributed by atoms with Gasteiger partial charge in [-0.05, 0) is 25.0 Å². The Kier molecular flexibility index (Phi) is 6.81. The molecule has 0 radical (unpaired) electrons. The van der Waals surface area contributed by atoms with Gasteiger partial charge < -0.3 is 4.90 Å². The monoisotopic (exact) mass is 267 g/mol. The summed E-state index contributed by atoms with van der Waals surface area (Å²) < 4.78 is 0. The molecule has 0 saturated carbocycles. The number of aldehydes is 1. The molecule has 2 nitrogen and oxygen atoms in total. The molecule has 0 aliphatic rings. The molecule has 0 unspecified atom stereocenters. The summed E-state index contributed by atoms with van der Waals surface area (Å²) in [6.45, 7) is 6.26. The maximum absolute atomic E-state index is 11.1. The number of anilines is 1. The zero-order chi connectivity index (χ0) is 13.4. The Balaban J connectivity index is 2.98. The summed E-state index contributed by atoms with van der Waals surface area (Å²) in [4.78, 5) is 13.4. The summed E-state index contributed by atoms with van der Waals surface area (Å²) in [5.41, 5.74) is 1.59. The number of nitrogens with zero attached hydrogens (tertiary/aromatic N) is 1. The van der Waals surface area contributed by atoms with Crippen molar-refractivity contribution in [1.82, 2.24) is 0 Å². The van der Waals surface area contributed by atoms with E-state index in [1.165, 1.54) is 0 Å². The van der Waals surface area contributed by atoms with Gasteiger partial charge in [-0.25, -0.2) is 0 Å². The maximum Gasteiger partial charge on any atom is 0.152 e. The number of halogens is 1. The molecule has 1 rings (SSSR count). The van der Waals surface area contributed by atoms with Crippen LogP contribution in [0.25, 0.3) is 0 Å². The SMILES string of the molecule is CCCCN(CCCC)c1c(Cl)cccc1C=O. The minimum absolute atomic E-state index is 0.673. The molecule has 0 N–H and O–H groups in total. The van der Waals surface area contributed by atoms with Crippen LogP contribution in [0.15, 0.2) is 18.2 Å². The van der Waals surface area contributed by atoms with E-state index in [-0.39, 0.29) is 0 Å². The third-order valence-electron chi connectivity index (χ3n) is 3.02. The summed E-state index contributed by atoms with van der Waals surface area (Å²) in [6.07, 6.45) is 5.42. The van der Waals surface area contributed by atoms with Crippen LogP contribution in [0.3, 0.4) is 0 Å². The smallest absolute Gasteiger partial charge is 0.152 e. The highest BCUT2D eigenvalue weighted by atomic mass is 35.5. The molecule has 1 aromatic carbocycles. The average Bonchev–Trinajstić information content (AvgIpc) is 2.39. The van der Waals surface area contributed by atoms with Crippen LogP contribution in [0, 0.1) is 0 Å². The Morgan fingerprint density at radius 3 is 2.28 bits per heavy atom. The zero-order valence-corrected chi connectivity index (χ0v) is 12.0. The first kappa shape index (κ1) is 15.0. The lowest BCUT2D eigenvalue weighted by Gasteiger charge is -2.27. The molecule has 0 aliphatic carbocycles. The summed E-state index contributed by atoms with van der Waals surface area (Å²) >= 11 is 6.26. The first-order valence-corrected chi connectivity index (χ1v) is 7.11. The number of carbonyl (C=O) groups excluding carboxylic acids is 1. The lowest BCUT2D eigenvalue weighted by molar-refractivity contribution is 0.112. The van der Waals surface area contributed by atoms with Gasteiger partial charge in [0, 0.05) is 18.7 Å². The third kappa shape index (κ3) is 4.02. The predicted molar refractivity (Wildman–Crippen MR) is 78.9 cm³/mol. The summed E-state index contributed by atoms with van der Waals surface area (Å²) in [5.74, 6) is 0. The largest absolute Gasteiger partial charge is 0.370 e. The molecule has 18 heavy (non-hydrogen) atoms. The Morgan fingerprint density at radius 2 is 1.78 bits per heavy atom. The van der Waals surface area contributed by atoms with E-state index in [2.05, 4.69) is 18.7 Å². The quantitative estimate of drug-likeness (QED) is 0.644. The lowest BCUT2D eigenvalue weighted by atomic mass is 10.1. The van der Waals surface area contributed by atoms with E-state index in [0.29, 0.717) is 10.6 Å². The van der Waals surface area contributed by atoms with E-state index < -0.39 is 0 Å². The van der Waals surface area contributed by atoms with Crippen LogP contribution in [0.2, 0.25) is 5.02 Å². The van der Waals surface area contributed by atoms with Crippen molar-refractivity contribution in [3.8, 4) is 0 Å². The van der Waals surface area contributed by atoms with Gasteiger partial charge in [0.2, 0.25) is 0 Å². The Bertz CT molecular complexity index is 371. The number of benzene rings is 1. The van der Waals surface area contributed by atoms with Gasteiger partial charge in [-0.3, -0.25) is 4.79 Å². The first-order valence-electron chi connectivity index (χ1n) is 6.73. The number of rotatable bonds is 8. The topological polar surface area (TPSA) is 20.3 Å². The van der Waals surface area contributed by atoms with E-state index >= 15 is 0 Å². The van der Waals surface area contributed by atoms with E-state index in [1.807, 2.05) is 18.2 Å². The molecule has 0 fully saturated rings. The summed E-state index contributed by atoms with van der Waals surface area (Å²) in [7, 11) is 0. The number of para-hydroxylation sites is 1. The van der Waals surface area contributed by atoms with Crippen molar-refractivity contribution in [1.29, 1.82) is 0 Å². The Labute approximate surface area is 115 Å². The van der Waals surface area contributed by atoms with Crippen LogP contribution >= 0.6 is 11.6 Å². The van der Waals surface area contributed by atoms with Crippen LogP contribution in [0.5, 0.6) is 0 Å². The molecule has 0 spiro atoms. The minimum Gasteiger partial charge on any atom is -0.370 e. The van der Waals surface area contributed by atoms with E-state index in [9.17, 15) is 4.79 Å². The second-order valence-corrected chi connectivity index (χ2v) is 4.90.